The standard InChI is InChI=1S/C12H22OS/c1-8(2)10-6-5-7-14-12(9(3)4)11(10)13/h8-10,12H,5-7H2,1-4H3. The smallest absolute Gasteiger partial charge is 0.149 e. The molecule has 2 heteroatoms. The predicted octanol–water partition coefficient (Wildman–Crippen LogP) is 3.38. The van der Waals surface area contributed by atoms with Crippen LogP contribution in [0.2, 0.25) is 0 Å². The lowest BCUT2D eigenvalue weighted by atomic mass is 9.84. The number of hydrogen-bond donors (Lipinski definition) is 0. The highest BCUT2D eigenvalue weighted by atomic mass is 32.2. The second-order valence-corrected chi connectivity index (χ2v) is 6.18. The first-order chi connectivity index (χ1) is 6.54. The van der Waals surface area contributed by atoms with Crippen LogP contribution in [0, 0.1) is 17.8 Å². The van der Waals surface area contributed by atoms with Crippen LogP contribution in [0.15, 0.2) is 0 Å². The molecule has 0 saturated carbocycles. The third-order valence-electron chi connectivity index (χ3n) is 3.01. The highest BCUT2D eigenvalue weighted by molar-refractivity contribution is 8.00. The molecule has 0 aliphatic carbocycles. The molecule has 82 valence electrons. The lowest BCUT2D eigenvalue weighted by molar-refractivity contribution is -0.124. The minimum atomic E-state index is 0.255. The van der Waals surface area contributed by atoms with Gasteiger partial charge in [0, 0.05) is 5.92 Å². The Morgan fingerprint density at radius 3 is 2.36 bits per heavy atom. The van der Waals surface area contributed by atoms with Gasteiger partial charge in [-0.2, -0.15) is 11.8 Å². The Morgan fingerprint density at radius 2 is 1.86 bits per heavy atom. The van der Waals surface area contributed by atoms with Crippen molar-refractivity contribution >= 4 is 17.5 Å². The third-order valence-corrected chi connectivity index (χ3v) is 4.67. The molecule has 0 aromatic carbocycles. The zero-order valence-electron chi connectivity index (χ0n) is 9.75. The molecule has 0 N–H and O–H groups in total. The second kappa shape index (κ2) is 5.20. The molecule has 14 heavy (non-hydrogen) atoms. The van der Waals surface area contributed by atoms with Gasteiger partial charge < -0.3 is 0 Å². The zero-order valence-corrected chi connectivity index (χ0v) is 10.6. The number of Topliss-reactive ketones (excluding diaryl/α,β-unsaturated/α-hetero) is 1. The first kappa shape index (κ1) is 12.1. The van der Waals surface area contributed by atoms with E-state index in [4.69, 9.17) is 0 Å². The predicted molar refractivity (Wildman–Crippen MR) is 63.7 cm³/mol. The molecule has 0 aromatic heterocycles. The van der Waals surface area contributed by atoms with Gasteiger partial charge in [0.25, 0.3) is 0 Å². The van der Waals surface area contributed by atoms with Gasteiger partial charge in [0.1, 0.15) is 5.78 Å². The second-order valence-electron chi connectivity index (χ2n) is 4.93. The molecule has 1 heterocycles. The maximum atomic E-state index is 12.2. The van der Waals surface area contributed by atoms with Gasteiger partial charge in [-0.15, -0.1) is 0 Å². The summed E-state index contributed by atoms with van der Waals surface area (Å²) in [6.45, 7) is 8.68. The van der Waals surface area contributed by atoms with Crippen molar-refractivity contribution in [2.24, 2.45) is 17.8 Å². The minimum absolute atomic E-state index is 0.255. The summed E-state index contributed by atoms with van der Waals surface area (Å²) in [5.41, 5.74) is 0. The van der Waals surface area contributed by atoms with Gasteiger partial charge in [-0.25, -0.2) is 0 Å². The molecule has 0 amide bonds. The Balaban J connectivity index is 2.74. The molecule has 2 atom stereocenters. The van der Waals surface area contributed by atoms with Gasteiger partial charge in [0.2, 0.25) is 0 Å². The molecule has 1 aliphatic heterocycles. The van der Waals surface area contributed by atoms with Gasteiger partial charge >= 0.3 is 0 Å². The molecular weight excluding hydrogens is 192 g/mol. The Bertz CT molecular complexity index is 178. The van der Waals surface area contributed by atoms with Crippen LogP contribution in [0.3, 0.4) is 0 Å². The Morgan fingerprint density at radius 1 is 1.21 bits per heavy atom. The zero-order chi connectivity index (χ0) is 10.7. The van der Waals surface area contributed by atoms with E-state index in [9.17, 15) is 4.79 Å². The highest BCUT2D eigenvalue weighted by Crippen LogP contribution is 2.33. The number of rotatable bonds is 2. The Labute approximate surface area is 92.0 Å². The molecule has 1 fully saturated rings. The van der Waals surface area contributed by atoms with Crippen molar-refractivity contribution in [2.45, 2.75) is 45.8 Å². The largest absolute Gasteiger partial charge is 0.298 e. The lowest BCUT2D eigenvalue weighted by Crippen LogP contribution is -2.31. The number of carbonyl (C=O) groups is 1. The molecular formula is C12H22OS. The Kier molecular flexibility index (Phi) is 4.49. The van der Waals surface area contributed by atoms with E-state index >= 15 is 0 Å². The quantitative estimate of drug-likeness (QED) is 0.701. The number of hydrogen-bond acceptors (Lipinski definition) is 2. The van der Waals surface area contributed by atoms with Crippen molar-refractivity contribution in [1.29, 1.82) is 0 Å². The summed E-state index contributed by atoms with van der Waals surface area (Å²) >= 11 is 1.87. The van der Waals surface area contributed by atoms with Gasteiger partial charge in [-0.05, 0) is 30.4 Å². The van der Waals surface area contributed by atoms with Crippen molar-refractivity contribution in [1.82, 2.24) is 0 Å². The fraction of sp³-hybridized carbons (Fsp3) is 0.917. The summed E-state index contributed by atoms with van der Waals surface area (Å²) in [6.07, 6.45) is 2.31. The van der Waals surface area contributed by atoms with Gasteiger partial charge in [0.05, 0.1) is 5.25 Å². The summed E-state index contributed by atoms with van der Waals surface area (Å²) < 4.78 is 0. The minimum Gasteiger partial charge on any atom is -0.298 e. The van der Waals surface area contributed by atoms with Gasteiger partial charge in [-0.3, -0.25) is 4.79 Å². The van der Waals surface area contributed by atoms with Crippen LogP contribution in [0.4, 0.5) is 0 Å². The summed E-state index contributed by atoms with van der Waals surface area (Å²) in [5.74, 6) is 3.00. The van der Waals surface area contributed by atoms with Gasteiger partial charge in [0.15, 0.2) is 0 Å². The van der Waals surface area contributed by atoms with Gasteiger partial charge in [-0.1, -0.05) is 27.7 Å². The monoisotopic (exact) mass is 214 g/mol. The van der Waals surface area contributed by atoms with E-state index in [1.807, 2.05) is 11.8 Å². The van der Waals surface area contributed by atoms with Crippen molar-refractivity contribution < 1.29 is 4.79 Å². The highest BCUT2D eigenvalue weighted by Gasteiger charge is 2.33. The van der Waals surface area contributed by atoms with Crippen LogP contribution >= 0.6 is 11.8 Å². The molecule has 2 unspecified atom stereocenters. The summed E-state index contributed by atoms with van der Waals surface area (Å²) in [6, 6.07) is 0. The van der Waals surface area contributed by atoms with Crippen molar-refractivity contribution in [2.75, 3.05) is 5.75 Å². The average molecular weight is 214 g/mol. The molecule has 0 radical (unpaired) electrons. The molecule has 0 aromatic rings. The summed E-state index contributed by atoms with van der Waals surface area (Å²) in [7, 11) is 0. The molecule has 1 saturated heterocycles. The fourth-order valence-electron chi connectivity index (χ4n) is 2.13. The van der Waals surface area contributed by atoms with E-state index in [0.29, 0.717) is 23.5 Å². The van der Waals surface area contributed by atoms with E-state index in [1.54, 1.807) is 0 Å². The van der Waals surface area contributed by atoms with Crippen LogP contribution in [0.5, 0.6) is 0 Å². The SMILES string of the molecule is CC(C)C1CCCSC(C(C)C)C1=O. The average Bonchev–Trinajstić information content (AvgIpc) is 2.26. The lowest BCUT2D eigenvalue weighted by Gasteiger charge is -2.23. The van der Waals surface area contributed by atoms with Crippen LogP contribution in [0.1, 0.15) is 40.5 Å². The number of ketones is 1. The van der Waals surface area contributed by atoms with E-state index in [1.165, 1.54) is 6.42 Å². The molecule has 0 spiro atoms. The Hall–Kier alpha value is 0.0200. The fourth-order valence-corrected chi connectivity index (χ4v) is 3.44. The van der Waals surface area contributed by atoms with Crippen LogP contribution in [-0.4, -0.2) is 16.8 Å². The topological polar surface area (TPSA) is 17.1 Å². The maximum Gasteiger partial charge on any atom is 0.149 e. The summed E-state index contributed by atoms with van der Waals surface area (Å²) in [5, 5.41) is 0.255. The van der Waals surface area contributed by atoms with E-state index in [0.717, 1.165) is 12.2 Å². The van der Waals surface area contributed by atoms with Crippen LogP contribution < -0.4 is 0 Å². The normalized spacial score (nSPS) is 29.7. The number of thioether (sulfide) groups is 1. The van der Waals surface area contributed by atoms with Crippen LogP contribution in [-0.2, 0) is 4.79 Å². The molecule has 1 aliphatic rings. The van der Waals surface area contributed by atoms with Crippen LogP contribution in [0.25, 0.3) is 0 Å². The third kappa shape index (κ3) is 2.75. The van der Waals surface area contributed by atoms with E-state index < -0.39 is 0 Å². The van der Waals surface area contributed by atoms with E-state index in [2.05, 4.69) is 27.7 Å². The van der Waals surface area contributed by atoms with Crippen molar-refractivity contribution in [3.63, 3.8) is 0 Å². The van der Waals surface area contributed by atoms with Crippen molar-refractivity contribution in [3.8, 4) is 0 Å². The van der Waals surface area contributed by atoms with Crippen molar-refractivity contribution in [3.05, 3.63) is 0 Å². The molecule has 0 bridgehead atoms. The maximum absolute atomic E-state index is 12.2. The summed E-state index contributed by atoms with van der Waals surface area (Å²) in [4.78, 5) is 12.2. The first-order valence-corrected chi connectivity index (χ1v) is 6.74. The number of carbonyl (C=O) groups excluding carboxylic acids is 1. The first-order valence-electron chi connectivity index (χ1n) is 5.69. The molecule has 1 rings (SSSR count). The molecule has 1 nitrogen and oxygen atoms in total. The van der Waals surface area contributed by atoms with E-state index in [-0.39, 0.29) is 5.25 Å².